The van der Waals surface area contributed by atoms with Crippen molar-refractivity contribution < 1.29 is 22.2 Å². The minimum absolute atomic E-state index is 0.0311. The van der Waals surface area contributed by atoms with Crippen molar-refractivity contribution in [3.63, 3.8) is 0 Å². The van der Waals surface area contributed by atoms with Crippen LogP contribution in [0.15, 0.2) is 21.8 Å². The van der Waals surface area contributed by atoms with Crippen LogP contribution >= 0.6 is 27.3 Å². The van der Waals surface area contributed by atoms with Gasteiger partial charge in [-0.15, -0.1) is 11.3 Å². The Labute approximate surface area is 139 Å². The Balaban J connectivity index is 2.53. The van der Waals surface area contributed by atoms with Gasteiger partial charge in [0.15, 0.2) is 17.3 Å². The lowest BCUT2D eigenvalue weighted by Crippen LogP contribution is -2.13. The van der Waals surface area contributed by atoms with E-state index in [-0.39, 0.29) is 5.84 Å². The van der Waals surface area contributed by atoms with Crippen molar-refractivity contribution in [2.75, 3.05) is 20.5 Å². The van der Waals surface area contributed by atoms with Gasteiger partial charge in [0, 0.05) is 16.2 Å². The van der Waals surface area contributed by atoms with Gasteiger partial charge in [0.2, 0.25) is 0 Å². The average molecular weight is 409 g/mol. The topological polar surface area (TPSA) is 100 Å². The van der Waals surface area contributed by atoms with Crippen LogP contribution in [0.5, 0.6) is 11.5 Å². The van der Waals surface area contributed by atoms with Gasteiger partial charge in [0.05, 0.1) is 29.8 Å². The van der Waals surface area contributed by atoms with Gasteiger partial charge in [-0.2, -0.15) is 8.42 Å². The molecule has 2 rings (SSSR count). The predicted octanol–water partition coefficient (Wildman–Crippen LogP) is 2.28. The molecule has 0 radical (unpaired) electrons. The second-order valence-corrected chi connectivity index (χ2v) is 7.64. The fourth-order valence-electron chi connectivity index (χ4n) is 1.72. The first-order valence-corrected chi connectivity index (χ1v) is 9.26. The molecule has 2 aromatic rings. The normalized spacial score (nSPS) is 12.5. The van der Waals surface area contributed by atoms with Crippen molar-refractivity contribution in [2.24, 2.45) is 10.9 Å². The third-order valence-electron chi connectivity index (χ3n) is 2.63. The highest BCUT2D eigenvalue weighted by atomic mass is 79.9. The van der Waals surface area contributed by atoms with Gasteiger partial charge in [-0.1, -0.05) is 0 Å². The summed E-state index contributed by atoms with van der Waals surface area (Å²) in [5, 5.41) is 4.26. The summed E-state index contributed by atoms with van der Waals surface area (Å²) in [6.45, 7) is 0. The van der Waals surface area contributed by atoms with Crippen molar-refractivity contribution in [1.82, 2.24) is 0 Å². The van der Waals surface area contributed by atoms with Gasteiger partial charge in [-0.05, 0) is 27.2 Å². The van der Waals surface area contributed by atoms with Crippen LogP contribution in [-0.4, -0.2) is 34.7 Å². The van der Waals surface area contributed by atoms with Gasteiger partial charge in [-0.25, -0.2) is 0 Å². The van der Waals surface area contributed by atoms with Crippen LogP contribution in [0, 0.1) is 0 Å². The summed E-state index contributed by atoms with van der Waals surface area (Å²) in [5.41, 5.74) is 5.75. The van der Waals surface area contributed by atoms with E-state index in [9.17, 15) is 8.42 Å². The van der Waals surface area contributed by atoms with Gasteiger partial charge in [0.25, 0.3) is 0 Å². The zero-order valence-corrected chi connectivity index (χ0v) is 15.1. The summed E-state index contributed by atoms with van der Waals surface area (Å²) in [7, 11) is -0.618. The van der Waals surface area contributed by atoms with E-state index < -0.39 is 10.1 Å². The molecule has 22 heavy (non-hydrogen) atoms. The number of thiophene rings is 1. The van der Waals surface area contributed by atoms with E-state index in [4.69, 9.17) is 15.2 Å². The number of rotatable bonds is 5. The Kier molecular flexibility index (Phi) is 4.83. The lowest BCUT2D eigenvalue weighted by molar-refractivity contribution is 0.343. The summed E-state index contributed by atoms with van der Waals surface area (Å²) in [6.07, 6.45) is 0.890. The second-order valence-electron chi connectivity index (χ2n) is 4.20. The zero-order valence-electron chi connectivity index (χ0n) is 11.9. The maximum absolute atomic E-state index is 10.9. The SMILES string of the molecule is COc1cc2sc(C(N)=NOS(C)(=O)=O)cc2c(Br)c1OC. The number of benzene rings is 1. The molecule has 7 nitrogen and oxygen atoms in total. The van der Waals surface area contributed by atoms with E-state index in [1.165, 1.54) is 18.4 Å². The van der Waals surface area contributed by atoms with Crippen LogP contribution in [0.3, 0.4) is 0 Å². The van der Waals surface area contributed by atoms with Gasteiger partial charge in [0.1, 0.15) is 0 Å². The second kappa shape index (κ2) is 6.31. The van der Waals surface area contributed by atoms with Crippen LogP contribution in [0.4, 0.5) is 0 Å². The molecule has 0 aliphatic carbocycles. The molecule has 2 N–H and O–H groups in total. The maximum Gasteiger partial charge on any atom is 0.325 e. The number of fused-ring (bicyclic) bond motifs is 1. The molecule has 0 atom stereocenters. The molecule has 1 aromatic carbocycles. The smallest absolute Gasteiger partial charge is 0.325 e. The van der Waals surface area contributed by atoms with E-state index in [2.05, 4.69) is 25.4 Å². The lowest BCUT2D eigenvalue weighted by atomic mass is 10.2. The molecular formula is C12H13BrN2O5S2. The first kappa shape index (κ1) is 16.8. The number of nitrogens with zero attached hydrogens (tertiary/aromatic N) is 1. The van der Waals surface area contributed by atoms with Crippen molar-refractivity contribution in [1.29, 1.82) is 0 Å². The molecule has 1 heterocycles. The molecule has 0 saturated carbocycles. The van der Waals surface area contributed by atoms with E-state index in [1.807, 2.05) is 0 Å². The van der Waals surface area contributed by atoms with Crippen molar-refractivity contribution in [3.05, 3.63) is 21.5 Å². The largest absolute Gasteiger partial charge is 0.493 e. The Morgan fingerprint density at radius 3 is 2.55 bits per heavy atom. The highest BCUT2D eigenvalue weighted by Gasteiger charge is 2.17. The first-order chi connectivity index (χ1) is 10.3. The van der Waals surface area contributed by atoms with Gasteiger partial charge < -0.3 is 15.2 Å². The molecule has 0 spiro atoms. The van der Waals surface area contributed by atoms with E-state index >= 15 is 0 Å². The minimum Gasteiger partial charge on any atom is -0.493 e. The Hall–Kier alpha value is -1.52. The fraction of sp³-hybridized carbons (Fsp3) is 0.250. The van der Waals surface area contributed by atoms with Crippen molar-refractivity contribution >= 4 is 53.3 Å². The number of ether oxygens (including phenoxy) is 2. The number of amidine groups is 1. The number of hydrogen-bond acceptors (Lipinski definition) is 7. The van der Waals surface area contributed by atoms with Crippen LogP contribution in [0.2, 0.25) is 0 Å². The Bertz CT molecular complexity index is 845. The molecule has 120 valence electrons. The van der Waals surface area contributed by atoms with Gasteiger partial charge in [-0.3, -0.25) is 4.28 Å². The molecule has 0 bridgehead atoms. The molecule has 10 heteroatoms. The van der Waals surface area contributed by atoms with E-state index in [1.54, 1.807) is 19.2 Å². The van der Waals surface area contributed by atoms with Crippen molar-refractivity contribution in [3.8, 4) is 11.5 Å². The van der Waals surface area contributed by atoms with Crippen molar-refractivity contribution in [2.45, 2.75) is 0 Å². The molecular weight excluding hydrogens is 396 g/mol. The van der Waals surface area contributed by atoms with E-state index in [0.717, 1.165) is 16.3 Å². The summed E-state index contributed by atoms with van der Waals surface area (Å²) in [5.74, 6) is 1.09. The molecule has 0 unspecified atom stereocenters. The van der Waals surface area contributed by atoms with Crippen LogP contribution in [-0.2, 0) is 14.4 Å². The molecule has 0 aliphatic rings. The highest BCUT2D eigenvalue weighted by Crippen LogP contribution is 2.43. The number of methoxy groups -OCH3 is 2. The summed E-state index contributed by atoms with van der Waals surface area (Å²) >= 11 is 4.78. The third-order valence-corrected chi connectivity index (χ3v) is 4.87. The summed E-state index contributed by atoms with van der Waals surface area (Å²) < 4.78 is 38.4. The number of halogens is 1. The quantitative estimate of drug-likeness (QED) is 0.462. The zero-order chi connectivity index (χ0) is 16.5. The summed E-state index contributed by atoms with van der Waals surface area (Å²) in [4.78, 5) is 0.564. The summed E-state index contributed by atoms with van der Waals surface area (Å²) in [6, 6.07) is 3.56. The van der Waals surface area contributed by atoms with Crippen LogP contribution in [0.1, 0.15) is 4.88 Å². The lowest BCUT2D eigenvalue weighted by Gasteiger charge is -2.09. The third kappa shape index (κ3) is 3.45. The number of nitrogens with two attached hydrogens (primary N) is 1. The fourth-order valence-corrected chi connectivity index (χ4v) is 3.74. The van der Waals surface area contributed by atoms with Crippen LogP contribution < -0.4 is 15.2 Å². The highest BCUT2D eigenvalue weighted by molar-refractivity contribution is 9.10. The molecule has 0 fully saturated rings. The Morgan fingerprint density at radius 1 is 1.32 bits per heavy atom. The van der Waals surface area contributed by atoms with Crippen LogP contribution in [0.25, 0.3) is 10.1 Å². The molecule has 0 amide bonds. The monoisotopic (exact) mass is 408 g/mol. The number of hydrogen-bond donors (Lipinski definition) is 1. The average Bonchev–Trinajstić information content (AvgIpc) is 2.88. The number of oxime groups is 1. The molecule has 1 aromatic heterocycles. The minimum atomic E-state index is -3.70. The standard InChI is InChI=1S/C12H13BrN2O5S2/c1-18-7-5-8-6(10(13)11(7)19-2)4-9(21-8)12(14)15-20-22(3,16)17/h4-5H,1-3H3,(H2,14,15). The van der Waals surface area contributed by atoms with E-state index in [0.29, 0.717) is 20.8 Å². The Morgan fingerprint density at radius 2 is 2.00 bits per heavy atom. The first-order valence-electron chi connectivity index (χ1n) is 5.83. The van der Waals surface area contributed by atoms with Gasteiger partial charge >= 0.3 is 10.1 Å². The maximum atomic E-state index is 10.9. The molecule has 0 saturated heterocycles. The predicted molar refractivity (Wildman–Crippen MR) is 89.3 cm³/mol. The molecule has 0 aliphatic heterocycles.